The minimum absolute atomic E-state index is 0.146. The van der Waals surface area contributed by atoms with Crippen LogP contribution < -0.4 is 0 Å². The fourth-order valence-electron chi connectivity index (χ4n) is 2.37. The topological polar surface area (TPSA) is 23.6 Å². The summed E-state index contributed by atoms with van der Waals surface area (Å²) >= 11 is 0.432. The minimum Gasteiger partial charge on any atom is -0.333 e. The zero-order chi connectivity index (χ0) is 19.1. The van der Waals surface area contributed by atoms with Crippen molar-refractivity contribution in [3.63, 3.8) is 0 Å². The monoisotopic (exact) mass is 382 g/mol. The van der Waals surface area contributed by atoms with Gasteiger partial charge in [-0.25, -0.2) is 4.39 Å². The minimum atomic E-state index is -2.51. The number of rotatable bonds is 8. The summed E-state index contributed by atoms with van der Waals surface area (Å²) in [7, 11) is 3.78. The van der Waals surface area contributed by atoms with Crippen molar-refractivity contribution >= 4 is 17.7 Å². The number of thioether (sulfide) groups is 1. The highest BCUT2D eigenvalue weighted by Crippen LogP contribution is 2.25. The smallest absolute Gasteiger partial charge is 0.288 e. The van der Waals surface area contributed by atoms with Gasteiger partial charge < -0.3 is 9.80 Å². The molecule has 0 radical (unpaired) electrons. The fraction of sp³-hybridized carbons (Fsp3) is 0.316. The standard InChI is InChI=1S/C19H21F3N2OS/c1-23(2)11-12-24(13-15-5-3-4-6-17(15)20)18(25)14-7-9-16(10-8-14)26-19(21)22/h3-10,19H,11-13H2,1-2H3. The Morgan fingerprint density at radius 3 is 2.27 bits per heavy atom. The van der Waals surface area contributed by atoms with E-state index in [1.165, 1.54) is 30.3 Å². The molecule has 0 fully saturated rings. The van der Waals surface area contributed by atoms with E-state index in [-0.39, 0.29) is 18.3 Å². The van der Waals surface area contributed by atoms with Gasteiger partial charge in [-0.2, -0.15) is 8.78 Å². The van der Waals surface area contributed by atoms with Crippen molar-refractivity contribution in [1.82, 2.24) is 9.80 Å². The number of carbonyl (C=O) groups excluding carboxylic acids is 1. The molecule has 140 valence electrons. The van der Waals surface area contributed by atoms with Crippen LogP contribution in [0.1, 0.15) is 15.9 Å². The number of nitrogens with zero attached hydrogens (tertiary/aromatic N) is 2. The first-order valence-electron chi connectivity index (χ1n) is 8.09. The number of hydrogen-bond donors (Lipinski definition) is 0. The van der Waals surface area contributed by atoms with Crippen LogP contribution in [0.15, 0.2) is 53.4 Å². The van der Waals surface area contributed by atoms with E-state index >= 15 is 0 Å². The van der Waals surface area contributed by atoms with Gasteiger partial charge in [0.2, 0.25) is 0 Å². The van der Waals surface area contributed by atoms with Crippen LogP contribution in [0.4, 0.5) is 13.2 Å². The summed E-state index contributed by atoms with van der Waals surface area (Å²) in [5.74, 6) is -3.13. The lowest BCUT2D eigenvalue weighted by Gasteiger charge is -2.25. The number of likely N-dealkylation sites (N-methyl/N-ethyl adjacent to an activating group) is 1. The molecule has 0 aliphatic carbocycles. The quantitative estimate of drug-likeness (QED) is 0.635. The molecule has 7 heteroatoms. The molecule has 2 rings (SSSR count). The largest absolute Gasteiger partial charge is 0.333 e. The van der Waals surface area contributed by atoms with E-state index in [4.69, 9.17) is 0 Å². The van der Waals surface area contributed by atoms with Crippen molar-refractivity contribution in [3.05, 3.63) is 65.5 Å². The second-order valence-corrected chi connectivity index (χ2v) is 7.09. The summed E-state index contributed by atoms with van der Waals surface area (Å²) in [4.78, 5) is 16.7. The molecule has 2 aromatic carbocycles. The van der Waals surface area contributed by atoms with Crippen molar-refractivity contribution in [1.29, 1.82) is 0 Å². The van der Waals surface area contributed by atoms with Crippen LogP contribution in [0.5, 0.6) is 0 Å². The van der Waals surface area contributed by atoms with Gasteiger partial charge in [-0.15, -0.1) is 0 Å². The molecule has 0 saturated heterocycles. The number of carbonyl (C=O) groups is 1. The van der Waals surface area contributed by atoms with Crippen molar-refractivity contribution in [2.45, 2.75) is 17.2 Å². The number of amides is 1. The van der Waals surface area contributed by atoms with Crippen molar-refractivity contribution in [3.8, 4) is 0 Å². The van der Waals surface area contributed by atoms with Gasteiger partial charge >= 0.3 is 0 Å². The van der Waals surface area contributed by atoms with Crippen LogP contribution in [0.3, 0.4) is 0 Å². The summed E-state index contributed by atoms with van der Waals surface area (Å²) < 4.78 is 38.8. The first-order chi connectivity index (χ1) is 12.4. The molecule has 0 aliphatic heterocycles. The predicted octanol–water partition coefficient (Wildman–Crippen LogP) is 4.34. The molecule has 0 aliphatic rings. The summed E-state index contributed by atoms with van der Waals surface area (Å²) in [6.45, 7) is 1.19. The van der Waals surface area contributed by atoms with Crippen LogP contribution >= 0.6 is 11.8 Å². The van der Waals surface area contributed by atoms with Gasteiger partial charge in [-0.05, 0) is 44.4 Å². The Labute approximate surface area is 155 Å². The van der Waals surface area contributed by atoms with Crippen LogP contribution in [0.2, 0.25) is 0 Å². The lowest BCUT2D eigenvalue weighted by Crippen LogP contribution is -2.36. The first-order valence-corrected chi connectivity index (χ1v) is 8.97. The Morgan fingerprint density at radius 1 is 1.04 bits per heavy atom. The van der Waals surface area contributed by atoms with E-state index in [0.717, 1.165) is 0 Å². The fourth-order valence-corrected chi connectivity index (χ4v) is 2.87. The molecule has 2 aromatic rings. The van der Waals surface area contributed by atoms with E-state index < -0.39 is 5.76 Å². The molecule has 0 atom stereocenters. The highest BCUT2D eigenvalue weighted by atomic mass is 32.2. The third-order valence-electron chi connectivity index (χ3n) is 3.75. The SMILES string of the molecule is CN(C)CCN(Cc1ccccc1F)C(=O)c1ccc(SC(F)F)cc1. The maximum atomic E-state index is 14.0. The molecule has 0 saturated carbocycles. The molecule has 0 spiro atoms. The lowest BCUT2D eigenvalue weighted by atomic mass is 10.1. The molecule has 0 bridgehead atoms. The zero-order valence-corrected chi connectivity index (χ0v) is 15.5. The lowest BCUT2D eigenvalue weighted by molar-refractivity contribution is 0.0730. The van der Waals surface area contributed by atoms with E-state index in [0.29, 0.717) is 40.9 Å². The van der Waals surface area contributed by atoms with Crippen LogP contribution in [0.25, 0.3) is 0 Å². The third-order valence-corrected chi connectivity index (χ3v) is 4.47. The van der Waals surface area contributed by atoms with Gasteiger partial charge in [-0.1, -0.05) is 30.0 Å². The normalized spacial score (nSPS) is 11.2. The van der Waals surface area contributed by atoms with E-state index in [2.05, 4.69) is 0 Å². The maximum absolute atomic E-state index is 14.0. The predicted molar refractivity (Wildman–Crippen MR) is 98.0 cm³/mol. The molecular weight excluding hydrogens is 361 g/mol. The van der Waals surface area contributed by atoms with Gasteiger partial charge in [-0.3, -0.25) is 4.79 Å². The summed E-state index contributed by atoms with van der Waals surface area (Å²) in [6.07, 6.45) is 0. The average Bonchev–Trinajstić information content (AvgIpc) is 2.59. The van der Waals surface area contributed by atoms with E-state index in [1.54, 1.807) is 23.1 Å². The Balaban J connectivity index is 2.17. The summed E-state index contributed by atoms with van der Waals surface area (Å²) in [6, 6.07) is 12.4. The maximum Gasteiger partial charge on any atom is 0.288 e. The molecule has 3 nitrogen and oxygen atoms in total. The first kappa shape index (κ1) is 20.3. The molecule has 0 aromatic heterocycles. The Kier molecular flexibility index (Phi) is 7.53. The molecule has 0 heterocycles. The average molecular weight is 382 g/mol. The van der Waals surface area contributed by atoms with E-state index in [1.807, 2.05) is 19.0 Å². The van der Waals surface area contributed by atoms with Gasteiger partial charge in [0.25, 0.3) is 11.7 Å². The summed E-state index contributed by atoms with van der Waals surface area (Å²) in [5.41, 5.74) is 0.822. The molecule has 0 unspecified atom stereocenters. The number of alkyl halides is 2. The Hall–Kier alpha value is -1.99. The van der Waals surface area contributed by atoms with Crippen LogP contribution in [0, 0.1) is 5.82 Å². The van der Waals surface area contributed by atoms with Gasteiger partial charge in [0.1, 0.15) is 5.82 Å². The number of hydrogen-bond acceptors (Lipinski definition) is 3. The Morgan fingerprint density at radius 2 is 1.69 bits per heavy atom. The molecule has 26 heavy (non-hydrogen) atoms. The third kappa shape index (κ3) is 6.07. The van der Waals surface area contributed by atoms with Crippen LogP contribution in [-0.2, 0) is 6.54 Å². The highest BCUT2D eigenvalue weighted by molar-refractivity contribution is 7.99. The summed E-state index contributed by atoms with van der Waals surface area (Å²) in [5, 5.41) is 0. The van der Waals surface area contributed by atoms with Crippen LogP contribution in [-0.4, -0.2) is 48.6 Å². The highest BCUT2D eigenvalue weighted by Gasteiger charge is 2.18. The van der Waals surface area contributed by atoms with Gasteiger partial charge in [0.15, 0.2) is 0 Å². The van der Waals surface area contributed by atoms with Crippen molar-refractivity contribution in [2.24, 2.45) is 0 Å². The molecule has 1 amide bonds. The van der Waals surface area contributed by atoms with Gasteiger partial charge in [0.05, 0.1) is 0 Å². The van der Waals surface area contributed by atoms with Gasteiger partial charge in [0, 0.05) is 35.7 Å². The van der Waals surface area contributed by atoms with Crippen molar-refractivity contribution < 1.29 is 18.0 Å². The zero-order valence-electron chi connectivity index (χ0n) is 14.7. The Bertz CT molecular complexity index is 723. The van der Waals surface area contributed by atoms with E-state index in [9.17, 15) is 18.0 Å². The molecule has 0 N–H and O–H groups in total. The second-order valence-electron chi connectivity index (χ2n) is 6.02. The molecular formula is C19H21F3N2OS. The van der Waals surface area contributed by atoms with Crippen molar-refractivity contribution in [2.75, 3.05) is 27.2 Å². The number of halogens is 3. The second kappa shape index (κ2) is 9.64. The number of benzene rings is 2.